The Hall–Kier alpha value is -3.23. The van der Waals surface area contributed by atoms with Crippen LogP contribution in [0.25, 0.3) is 11.3 Å². The molecule has 160 valence electrons. The molecule has 0 radical (unpaired) electrons. The molecule has 1 saturated heterocycles. The number of primary amides is 1. The SMILES string of the molecule is CC(C)(C)N(C(=O)O)C1CCN(c2cc(C(N)=O)cc(-c3ccnc(F)c3)n2)CC1. The summed E-state index contributed by atoms with van der Waals surface area (Å²) in [6.07, 6.45) is 1.66. The van der Waals surface area contributed by atoms with E-state index in [0.29, 0.717) is 43.0 Å². The molecule has 2 aromatic rings. The number of carboxylic acid groups (broad SMARTS) is 1. The van der Waals surface area contributed by atoms with Crippen molar-refractivity contribution in [3.05, 3.63) is 42.0 Å². The fraction of sp³-hybridized carbons (Fsp3) is 0.429. The number of rotatable bonds is 4. The van der Waals surface area contributed by atoms with Crippen LogP contribution in [0.15, 0.2) is 30.5 Å². The standard InChI is InChI=1S/C21H26FN5O3/c1-21(2,3)27(20(29)30)15-5-8-26(9-6-15)18-12-14(19(23)28)10-16(25-18)13-4-7-24-17(22)11-13/h4,7,10-12,15H,5-6,8-9H2,1-3H3,(H2,23,28)(H,29,30). The van der Waals surface area contributed by atoms with Crippen LogP contribution in [0.5, 0.6) is 0 Å². The average molecular weight is 415 g/mol. The number of carbonyl (C=O) groups is 2. The molecule has 2 amide bonds. The lowest BCUT2D eigenvalue weighted by Gasteiger charge is -2.43. The van der Waals surface area contributed by atoms with Crippen molar-refractivity contribution < 1.29 is 19.1 Å². The summed E-state index contributed by atoms with van der Waals surface area (Å²) in [5.74, 6) is -0.694. The first-order chi connectivity index (χ1) is 14.1. The van der Waals surface area contributed by atoms with Crippen LogP contribution in [-0.4, -0.2) is 56.6 Å². The number of amides is 2. The Balaban J connectivity index is 1.86. The van der Waals surface area contributed by atoms with Crippen LogP contribution >= 0.6 is 0 Å². The van der Waals surface area contributed by atoms with Crippen molar-refractivity contribution in [3.8, 4) is 11.3 Å². The highest BCUT2D eigenvalue weighted by atomic mass is 19.1. The number of pyridine rings is 2. The topological polar surface area (TPSA) is 113 Å². The summed E-state index contributed by atoms with van der Waals surface area (Å²) >= 11 is 0. The molecule has 0 aromatic carbocycles. The minimum Gasteiger partial charge on any atom is -0.465 e. The van der Waals surface area contributed by atoms with Gasteiger partial charge >= 0.3 is 6.09 Å². The van der Waals surface area contributed by atoms with Crippen LogP contribution in [0.1, 0.15) is 44.0 Å². The van der Waals surface area contributed by atoms with Gasteiger partial charge in [-0.3, -0.25) is 4.79 Å². The lowest BCUT2D eigenvalue weighted by atomic mass is 9.97. The molecule has 1 fully saturated rings. The fourth-order valence-electron chi connectivity index (χ4n) is 3.87. The van der Waals surface area contributed by atoms with E-state index >= 15 is 0 Å². The van der Waals surface area contributed by atoms with Gasteiger partial charge in [-0.25, -0.2) is 14.8 Å². The number of carbonyl (C=O) groups excluding carboxylic acids is 1. The Morgan fingerprint density at radius 2 is 1.90 bits per heavy atom. The number of anilines is 1. The van der Waals surface area contributed by atoms with E-state index in [4.69, 9.17) is 5.73 Å². The number of aromatic nitrogens is 2. The van der Waals surface area contributed by atoms with E-state index in [-0.39, 0.29) is 11.6 Å². The second kappa shape index (κ2) is 8.25. The van der Waals surface area contributed by atoms with Gasteiger partial charge in [0, 0.05) is 48.1 Å². The van der Waals surface area contributed by atoms with E-state index in [1.807, 2.05) is 25.7 Å². The van der Waals surface area contributed by atoms with Crippen molar-refractivity contribution in [2.75, 3.05) is 18.0 Å². The van der Waals surface area contributed by atoms with Gasteiger partial charge in [0.2, 0.25) is 11.9 Å². The molecule has 3 rings (SSSR count). The zero-order chi connectivity index (χ0) is 22.1. The van der Waals surface area contributed by atoms with Crippen molar-refractivity contribution in [1.82, 2.24) is 14.9 Å². The lowest BCUT2D eigenvalue weighted by molar-refractivity contribution is 0.0615. The predicted octanol–water partition coefficient (Wildman–Crippen LogP) is 3.13. The number of piperidine rings is 1. The Labute approximate surface area is 174 Å². The van der Waals surface area contributed by atoms with Crippen LogP contribution in [0.3, 0.4) is 0 Å². The third-order valence-electron chi connectivity index (χ3n) is 5.20. The lowest BCUT2D eigenvalue weighted by Crippen LogP contribution is -2.54. The van der Waals surface area contributed by atoms with Gasteiger partial charge in [0.1, 0.15) is 5.82 Å². The Morgan fingerprint density at radius 1 is 1.23 bits per heavy atom. The normalized spacial score (nSPS) is 15.1. The molecule has 1 aliphatic rings. The minimum absolute atomic E-state index is 0.105. The average Bonchev–Trinajstić information content (AvgIpc) is 2.67. The zero-order valence-corrected chi connectivity index (χ0v) is 17.3. The highest BCUT2D eigenvalue weighted by Gasteiger charge is 2.35. The van der Waals surface area contributed by atoms with Crippen molar-refractivity contribution in [2.45, 2.75) is 45.2 Å². The molecule has 0 saturated carbocycles. The molecule has 3 N–H and O–H groups in total. The molecule has 8 nitrogen and oxygen atoms in total. The summed E-state index contributed by atoms with van der Waals surface area (Å²) < 4.78 is 13.6. The molecule has 0 unspecified atom stereocenters. The van der Waals surface area contributed by atoms with Gasteiger partial charge in [0.05, 0.1) is 5.69 Å². The summed E-state index contributed by atoms with van der Waals surface area (Å²) in [5.41, 5.74) is 6.18. The second-order valence-corrected chi connectivity index (χ2v) is 8.37. The van der Waals surface area contributed by atoms with E-state index in [1.165, 1.54) is 23.2 Å². The van der Waals surface area contributed by atoms with E-state index in [9.17, 15) is 19.1 Å². The number of nitrogens with zero attached hydrogens (tertiary/aromatic N) is 4. The molecule has 1 aliphatic heterocycles. The number of hydrogen-bond acceptors (Lipinski definition) is 5. The fourth-order valence-corrected chi connectivity index (χ4v) is 3.87. The Kier molecular flexibility index (Phi) is 5.91. The molecule has 9 heteroatoms. The smallest absolute Gasteiger partial charge is 0.407 e. The van der Waals surface area contributed by atoms with Gasteiger partial charge < -0.3 is 20.6 Å². The minimum atomic E-state index is -0.934. The van der Waals surface area contributed by atoms with Gasteiger partial charge in [0.25, 0.3) is 0 Å². The largest absolute Gasteiger partial charge is 0.465 e. The molecule has 0 spiro atoms. The first-order valence-corrected chi connectivity index (χ1v) is 9.77. The van der Waals surface area contributed by atoms with Gasteiger partial charge in [-0.2, -0.15) is 4.39 Å². The van der Waals surface area contributed by atoms with Crippen LogP contribution in [0.2, 0.25) is 0 Å². The van der Waals surface area contributed by atoms with Gasteiger partial charge in [-0.1, -0.05) is 0 Å². The monoisotopic (exact) mass is 415 g/mol. The van der Waals surface area contributed by atoms with E-state index in [2.05, 4.69) is 9.97 Å². The summed E-state index contributed by atoms with van der Waals surface area (Å²) in [6.45, 7) is 6.79. The van der Waals surface area contributed by atoms with Crippen LogP contribution in [0, 0.1) is 5.95 Å². The van der Waals surface area contributed by atoms with Crippen molar-refractivity contribution in [3.63, 3.8) is 0 Å². The quantitative estimate of drug-likeness (QED) is 0.742. The van der Waals surface area contributed by atoms with E-state index in [1.54, 1.807) is 12.1 Å². The summed E-state index contributed by atoms with van der Waals surface area (Å²) in [4.78, 5) is 35.2. The molecule has 0 atom stereocenters. The van der Waals surface area contributed by atoms with E-state index < -0.39 is 23.5 Å². The van der Waals surface area contributed by atoms with Crippen LogP contribution in [0.4, 0.5) is 15.0 Å². The summed E-state index contributed by atoms with van der Waals surface area (Å²) in [5, 5.41) is 9.64. The molecular weight excluding hydrogens is 389 g/mol. The first kappa shape index (κ1) is 21.5. The van der Waals surface area contributed by atoms with Crippen molar-refractivity contribution in [2.24, 2.45) is 5.73 Å². The predicted molar refractivity (Wildman–Crippen MR) is 111 cm³/mol. The highest BCUT2D eigenvalue weighted by Crippen LogP contribution is 2.29. The summed E-state index contributed by atoms with van der Waals surface area (Å²) in [7, 11) is 0. The maximum Gasteiger partial charge on any atom is 0.407 e. The van der Waals surface area contributed by atoms with Crippen LogP contribution < -0.4 is 10.6 Å². The Bertz CT molecular complexity index is 952. The number of nitrogens with two attached hydrogens (primary N) is 1. The van der Waals surface area contributed by atoms with Gasteiger partial charge in [-0.15, -0.1) is 0 Å². The van der Waals surface area contributed by atoms with Gasteiger partial charge in [0.15, 0.2) is 0 Å². The zero-order valence-electron chi connectivity index (χ0n) is 17.3. The van der Waals surface area contributed by atoms with Crippen LogP contribution in [-0.2, 0) is 0 Å². The molecule has 2 aromatic heterocycles. The van der Waals surface area contributed by atoms with E-state index in [0.717, 1.165) is 0 Å². The maximum absolute atomic E-state index is 13.6. The first-order valence-electron chi connectivity index (χ1n) is 9.77. The van der Waals surface area contributed by atoms with Gasteiger partial charge in [-0.05, 0) is 51.8 Å². The molecule has 0 aliphatic carbocycles. The number of hydrogen-bond donors (Lipinski definition) is 2. The maximum atomic E-state index is 13.6. The molecule has 0 bridgehead atoms. The van der Waals surface area contributed by atoms with Crippen molar-refractivity contribution >= 4 is 17.8 Å². The van der Waals surface area contributed by atoms with Crippen molar-refractivity contribution in [1.29, 1.82) is 0 Å². The third-order valence-corrected chi connectivity index (χ3v) is 5.20. The number of halogens is 1. The molecule has 30 heavy (non-hydrogen) atoms. The third kappa shape index (κ3) is 4.67. The Morgan fingerprint density at radius 3 is 2.43 bits per heavy atom. The molecule has 3 heterocycles. The summed E-state index contributed by atoms with van der Waals surface area (Å²) in [6, 6.07) is 5.89. The highest BCUT2D eigenvalue weighted by molar-refractivity contribution is 5.94. The molecular formula is C21H26FN5O3. The second-order valence-electron chi connectivity index (χ2n) is 8.37.